The Bertz CT molecular complexity index is 86.7. The van der Waals surface area contributed by atoms with Gasteiger partial charge in [-0.1, -0.05) is 0 Å². The topological polar surface area (TPSA) is 104 Å². The molecule has 0 amide bonds. The number of rotatable bonds is 0. The minimum absolute atomic E-state index is 0. The van der Waals surface area contributed by atoms with Crippen LogP contribution in [0.15, 0.2) is 0 Å². The van der Waals surface area contributed by atoms with Gasteiger partial charge in [-0.25, -0.2) is 0 Å². The van der Waals surface area contributed by atoms with E-state index in [1.807, 2.05) is 0 Å². The Morgan fingerprint density at radius 1 is 1.08 bits per heavy atom. The van der Waals surface area contributed by atoms with Crippen molar-refractivity contribution in [2.24, 2.45) is 0 Å². The van der Waals surface area contributed by atoms with Gasteiger partial charge in [-0.3, -0.25) is 0 Å². The van der Waals surface area contributed by atoms with Gasteiger partial charge in [0.2, 0.25) is 0 Å². The molecule has 0 spiro atoms. The molecule has 72 valence electrons. The van der Waals surface area contributed by atoms with Gasteiger partial charge in [-0.15, -0.1) is 0 Å². The molecule has 0 aromatic rings. The summed E-state index contributed by atoms with van der Waals surface area (Å²) in [7, 11) is 0. The van der Waals surface area contributed by atoms with E-state index in [2.05, 4.69) is 0 Å². The van der Waals surface area contributed by atoms with E-state index in [1.54, 1.807) is 13.8 Å². The molecule has 0 unspecified atom stereocenters. The molecule has 13 heavy (non-hydrogen) atoms. The average molecular weight is 276 g/mol. The predicted octanol–water partition coefficient (Wildman–Crippen LogP) is -8.29. The van der Waals surface area contributed by atoms with Gasteiger partial charge in [-0.05, 0) is 13.8 Å². The van der Waals surface area contributed by atoms with Crippen LogP contribution >= 0.6 is 0 Å². The third-order valence-corrected chi connectivity index (χ3v) is 0. The van der Waals surface area contributed by atoms with Crippen LogP contribution in [-0.2, 0) is 3.74 Å². The summed E-state index contributed by atoms with van der Waals surface area (Å²) < 4.78 is 27.5. The summed E-state index contributed by atoms with van der Waals surface area (Å²) in [6.07, 6.45) is 0. The van der Waals surface area contributed by atoms with Crippen molar-refractivity contribution in [1.82, 2.24) is 0 Å². The fourth-order valence-corrected chi connectivity index (χ4v) is 0. The maximum atomic E-state index is 9.16. The van der Waals surface area contributed by atoms with Crippen molar-refractivity contribution in [3.05, 3.63) is 0 Å². The molecule has 0 radical (unpaired) electrons. The van der Waals surface area contributed by atoms with Gasteiger partial charge >= 0.3 is 90.9 Å². The first-order valence-corrected chi connectivity index (χ1v) is 7.22. The Kier molecular flexibility index (Phi) is 53.9. The van der Waals surface area contributed by atoms with Crippen molar-refractivity contribution in [1.29, 1.82) is 0 Å². The quantitative estimate of drug-likeness (QED) is 0.428. The first kappa shape index (κ1) is 29.5. The van der Waals surface area contributed by atoms with Crippen LogP contribution in [0.2, 0.25) is 5.71 Å². The summed E-state index contributed by atoms with van der Waals surface area (Å²) in [4.78, 5) is 0. The first-order chi connectivity index (χ1) is 4.83. The van der Waals surface area contributed by atoms with Crippen molar-refractivity contribution in [3.8, 4) is 0 Å². The monoisotopic (exact) mass is 276 g/mol. The van der Waals surface area contributed by atoms with Gasteiger partial charge in [0.25, 0.3) is 0 Å². The summed E-state index contributed by atoms with van der Waals surface area (Å²) in [5, 5.41) is 15.1. The molecule has 0 saturated carbocycles. The summed E-state index contributed by atoms with van der Waals surface area (Å²) in [5.74, 6) is 0. The molecule has 0 bridgehead atoms. The Hall–Kier alpha value is 2.20. The molecule has 0 atom stereocenters. The van der Waals surface area contributed by atoms with E-state index in [1.165, 1.54) is 0 Å². The van der Waals surface area contributed by atoms with Crippen molar-refractivity contribution >= 4 is 14.2 Å². The molecule has 0 aliphatic heterocycles. The second-order valence-electron chi connectivity index (χ2n) is 1.40. The van der Waals surface area contributed by atoms with Crippen molar-refractivity contribution in [2.75, 3.05) is 13.2 Å². The van der Waals surface area contributed by atoms with E-state index in [-0.39, 0.29) is 72.3 Å². The van der Waals surface area contributed by atoms with Gasteiger partial charge in [0.05, 0.1) is 0 Å². The van der Waals surface area contributed by atoms with Crippen LogP contribution in [0.5, 0.6) is 0 Å². The largest absolute Gasteiger partial charge is 1.00 e. The molecule has 8 heteroatoms. The van der Waals surface area contributed by atoms with Gasteiger partial charge < -0.3 is 10.2 Å². The third kappa shape index (κ3) is 437. The van der Waals surface area contributed by atoms with Gasteiger partial charge in [0, 0.05) is 13.2 Å². The maximum Gasteiger partial charge on any atom is 1.00 e. The molecule has 0 aliphatic carbocycles. The minimum Gasteiger partial charge on any atom is 1.00 e. The van der Waals surface area contributed by atoms with Crippen LogP contribution in [0.1, 0.15) is 13.8 Å². The molecule has 0 heterocycles. The first-order valence-electron chi connectivity index (χ1n) is 3.04. The number of aliphatic hydroxyl groups is 2. The molecule has 0 aromatic heterocycles. The summed E-state index contributed by atoms with van der Waals surface area (Å²) in [6, 6.07) is 0. The standard InChI is InChI=1S/2C2H6O.CH5AsO3.2Na/c2*1-2-3;1-2(3,4)5;;/h2*3H,2H2,1H3;1H3,(H2,3,4,5);;/q;;;2*+1/p-2. The van der Waals surface area contributed by atoms with E-state index >= 15 is 0 Å². The molecule has 0 saturated heterocycles. The fraction of sp³-hybridized carbons (Fsp3) is 1.00. The van der Waals surface area contributed by atoms with E-state index < -0.39 is 14.2 Å². The molecular weight excluding hydrogens is 261 g/mol. The van der Waals surface area contributed by atoms with Gasteiger partial charge in [-0.2, -0.15) is 0 Å². The van der Waals surface area contributed by atoms with E-state index in [0.717, 1.165) is 0 Å². The average Bonchev–Trinajstić information content (AvgIpc) is 1.62. The second kappa shape index (κ2) is 23.8. The van der Waals surface area contributed by atoms with Crippen LogP contribution in [0.25, 0.3) is 0 Å². The zero-order valence-electron chi connectivity index (χ0n) is 8.98. The second-order valence-corrected chi connectivity index (χ2v) is 4.64. The van der Waals surface area contributed by atoms with Gasteiger partial charge in [0.1, 0.15) is 0 Å². The van der Waals surface area contributed by atoms with Crippen molar-refractivity contribution < 1.29 is 81.3 Å². The van der Waals surface area contributed by atoms with Crippen LogP contribution in [-0.4, -0.2) is 37.6 Å². The SMILES string of the molecule is CCO.CCO.C[As](=O)([O-])[O-].[Na+].[Na+]. The zero-order chi connectivity index (χ0) is 9.91. The van der Waals surface area contributed by atoms with E-state index in [9.17, 15) is 0 Å². The maximum absolute atomic E-state index is 9.16. The predicted molar refractivity (Wildman–Crippen MR) is 37.8 cm³/mol. The molecule has 0 aromatic carbocycles. The minimum atomic E-state index is -4.62. The smallest absolute Gasteiger partial charge is 1.00 e. The molecular formula is C5H15AsNa2O5. The van der Waals surface area contributed by atoms with Gasteiger partial charge in [0.15, 0.2) is 0 Å². The third-order valence-electron chi connectivity index (χ3n) is 0. The molecule has 0 rings (SSSR count). The van der Waals surface area contributed by atoms with Crippen LogP contribution < -0.4 is 67.3 Å². The number of aliphatic hydroxyl groups excluding tert-OH is 2. The Labute approximate surface area is 127 Å². The van der Waals surface area contributed by atoms with Crippen LogP contribution in [0.4, 0.5) is 0 Å². The molecule has 5 nitrogen and oxygen atoms in total. The Morgan fingerprint density at radius 2 is 1.08 bits per heavy atom. The van der Waals surface area contributed by atoms with E-state index in [0.29, 0.717) is 5.71 Å². The summed E-state index contributed by atoms with van der Waals surface area (Å²) in [5.41, 5.74) is 0.693. The van der Waals surface area contributed by atoms with Crippen LogP contribution in [0, 0.1) is 0 Å². The number of hydrogen-bond donors (Lipinski definition) is 2. The normalized spacial score (nSPS) is 7.31. The van der Waals surface area contributed by atoms with Crippen LogP contribution in [0.3, 0.4) is 0 Å². The summed E-state index contributed by atoms with van der Waals surface area (Å²) in [6.45, 7) is 3.86. The molecule has 0 fully saturated rings. The Morgan fingerprint density at radius 3 is 1.08 bits per heavy atom. The zero-order valence-corrected chi connectivity index (χ0v) is 14.9. The number of hydrogen-bond acceptors (Lipinski definition) is 5. The van der Waals surface area contributed by atoms with Crippen molar-refractivity contribution in [2.45, 2.75) is 19.6 Å². The van der Waals surface area contributed by atoms with E-state index in [4.69, 9.17) is 22.1 Å². The molecule has 2 N–H and O–H groups in total. The summed E-state index contributed by atoms with van der Waals surface area (Å²) >= 11 is -4.62. The fourth-order valence-electron chi connectivity index (χ4n) is 0. The molecule has 0 aliphatic rings. The van der Waals surface area contributed by atoms with Crippen molar-refractivity contribution in [3.63, 3.8) is 0 Å². The Balaban J connectivity index is -0.0000000240.